The lowest BCUT2D eigenvalue weighted by molar-refractivity contribution is -0.117. The molecule has 1 aliphatic rings. The minimum absolute atomic E-state index is 0.216. The quantitative estimate of drug-likeness (QED) is 0.730. The first-order chi connectivity index (χ1) is 7.00. The lowest BCUT2D eigenvalue weighted by atomic mass is 10.3. The summed E-state index contributed by atoms with van der Waals surface area (Å²) >= 11 is 1.35. The lowest BCUT2D eigenvalue weighted by Crippen LogP contribution is -2.30. The molecule has 5 nitrogen and oxygen atoms in total. The number of rotatable bonds is 1. The van der Waals surface area contributed by atoms with Gasteiger partial charge in [0.25, 0.3) is 5.91 Å². The zero-order valence-corrected chi connectivity index (χ0v) is 9.51. The Balaban J connectivity index is 2.43. The van der Waals surface area contributed by atoms with E-state index in [9.17, 15) is 9.59 Å². The molecule has 0 saturated carbocycles. The van der Waals surface area contributed by atoms with Crippen LogP contribution < -0.4 is 10.2 Å². The van der Waals surface area contributed by atoms with Gasteiger partial charge in [-0.1, -0.05) is 0 Å². The molecule has 1 N–H and O–H groups in total. The molecule has 0 radical (unpaired) electrons. The van der Waals surface area contributed by atoms with E-state index in [4.69, 9.17) is 0 Å². The van der Waals surface area contributed by atoms with Crippen molar-refractivity contribution in [3.8, 4) is 0 Å². The molecule has 1 aliphatic heterocycles. The number of anilines is 1. The first-order valence-electron chi connectivity index (χ1n) is 4.59. The highest BCUT2D eigenvalue weighted by atomic mass is 32.1. The molecule has 0 aliphatic carbocycles. The molecule has 15 heavy (non-hydrogen) atoms. The monoisotopic (exact) mass is 225 g/mol. The summed E-state index contributed by atoms with van der Waals surface area (Å²) in [4.78, 5) is 28.6. The summed E-state index contributed by atoms with van der Waals surface area (Å²) < 4.78 is 0. The fourth-order valence-corrected chi connectivity index (χ4v) is 2.45. The molecule has 0 aromatic carbocycles. The molecule has 0 unspecified atom stereocenters. The normalized spacial score (nSPS) is 21.0. The number of carbonyl (C=O) groups excluding carboxylic acids is 2. The maximum atomic E-state index is 11.7. The summed E-state index contributed by atoms with van der Waals surface area (Å²) in [5, 5.41) is 4.04. The zero-order chi connectivity index (χ0) is 11.2. The molecule has 1 aromatic rings. The number of aromatic nitrogens is 1. The fourth-order valence-electron chi connectivity index (χ4n) is 1.53. The Morgan fingerprint density at radius 2 is 2.07 bits per heavy atom. The van der Waals surface area contributed by atoms with E-state index in [1.54, 1.807) is 13.8 Å². The minimum atomic E-state index is -0.445. The molecule has 80 valence electrons. The molecule has 1 atom stereocenters. The molecule has 1 saturated heterocycles. The van der Waals surface area contributed by atoms with Crippen LogP contribution in [-0.4, -0.2) is 23.0 Å². The number of hydrogen-bond donors (Lipinski definition) is 1. The lowest BCUT2D eigenvalue weighted by Gasteiger charge is -2.09. The van der Waals surface area contributed by atoms with Crippen molar-refractivity contribution in [3.63, 3.8) is 0 Å². The maximum absolute atomic E-state index is 11.7. The molecule has 6 heteroatoms. The number of carbonyl (C=O) groups is 2. The second kappa shape index (κ2) is 3.30. The van der Waals surface area contributed by atoms with Crippen molar-refractivity contribution in [3.05, 3.63) is 10.7 Å². The van der Waals surface area contributed by atoms with Crippen LogP contribution in [0.2, 0.25) is 0 Å². The van der Waals surface area contributed by atoms with E-state index in [1.165, 1.54) is 16.2 Å². The maximum Gasteiger partial charge on any atom is 0.330 e. The van der Waals surface area contributed by atoms with Crippen LogP contribution in [0, 0.1) is 13.8 Å². The van der Waals surface area contributed by atoms with Crippen molar-refractivity contribution in [2.45, 2.75) is 26.8 Å². The smallest absolute Gasteiger partial charge is 0.326 e. The molecule has 1 fully saturated rings. The summed E-state index contributed by atoms with van der Waals surface area (Å²) in [5.74, 6) is -0.216. The summed E-state index contributed by atoms with van der Waals surface area (Å²) in [5.41, 5.74) is 0.718. The van der Waals surface area contributed by atoms with Gasteiger partial charge in [-0.25, -0.2) is 14.7 Å². The molecular weight excluding hydrogens is 214 g/mol. The largest absolute Gasteiger partial charge is 0.330 e. The minimum Gasteiger partial charge on any atom is -0.326 e. The van der Waals surface area contributed by atoms with Gasteiger partial charge >= 0.3 is 6.03 Å². The van der Waals surface area contributed by atoms with Crippen LogP contribution in [0.4, 0.5) is 9.80 Å². The molecule has 0 spiro atoms. The van der Waals surface area contributed by atoms with Gasteiger partial charge in [0.1, 0.15) is 11.0 Å². The van der Waals surface area contributed by atoms with Crippen LogP contribution in [-0.2, 0) is 4.79 Å². The number of thiazole rings is 1. The van der Waals surface area contributed by atoms with Gasteiger partial charge in [0.05, 0.1) is 10.7 Å². The number of hydrogen-bond acceptors (Lipinski definition) is 4. The standard InChI is InChI=1S/C9H11N3O2S/c1-4-7(13)12(9(14)11-4)8-5(2)10-6(3)15-8/h4H,1-3H3,(H,11,14)/t4-/m1/s1. The van der Waals surface area contributed by atoms with Gasteiger partial charge in [0.2, 0.25) is 0 Å². The number of amides is 3. The van der Waals surface area contributed by atoms with Crippen LogP contribution in [0.1, 0.15) is 17.6 Å². The average molecular weight is 225 g/mol. The fraction of sp³-hybridized carbons (Fsp3) is 0.444. The van der Waals surface area contributed by atoms with Gasteiger partial charge < -0.3 is 5.32 Å². The van der Waals surface area contributed by atoms with Crippen molar-refractivity contribution in [2.75, 3.05) is 4.90 Å². The molecule has 0 bridgehead atoms. The van der Waals surface area contributed by atoms with Crippen molar-refractivity contribution in [1.29, 1.82) is 0 Å². The Morgan fingerprint density at radius 3 is 2.47 bits per heavy atom. The van der Waals surface area contributed by atoms with Crippen LogP contribution in [0.5, 0.6) is 0 Å². The highest BCUT2D eigenvalue weighted by Gasteiger charge is 2.38. The van der Waals surface area contributed by atoms with Crippen molar-refractivity contribution >= 4 is 28.3 Å². The predicted molar refractivity (Wildman–Crippen MR) is 57.1 cm³/mol. The van der Waals surface area contributed by atoms with Crippen molar-refractivity contribution in [1.82, 2.24) is 10.3 Å². The van der Waals surface area contributed by atoms with Gasteiger partial charge in [0.15, 0.2) is 0 Å². The Hall–Kier alpha value is -1.43. The van der Waals surface area contributed by atoms with E-state index in [2.05, 4.69) is 10.3 Å². The number of urea groups is 1. The van der Waals surface area contributed by atoms with Crippen LogP contribution in [0.3, 0.4) is 0 Å². The Labute approximate surface area is 91.1 Å². The van der Waals surface area contributed by atoms with Crippen molar-refractivity contribution in [2.24, 2.45) is 0 Å². The predicted octanol–water partition coefficient (Wildman–Crippen LogP) is 1.20. The molecule has 2 rings (SSSR count). The third-order valence-electron chi connectivity index (χ3n) is 2.22. The van der Waals surface area contributed by atoms with Gasteiger partial charge in [0, 0.05) is 0 Å². The van der Waals surface area contributed by atoms with Crippen LogP contribution >= 0.6 is 11.3 Å². The second-order valence-electron chi connectivity index (χ2n) is 3.47. The van der Waals surface area contributed by atoms with Gasteiger partial charge in [-0.05, 0) is 20.8 Å². The molecule has 2 heterocycles. The number of nitrogens with zero attached hydrogens (tertiary/aromatic N) is 2. The third-order valence-corrected chi connectivity index (χ3v) is 3.27. The highest BCUT2D eigenvalue weighted by molar-refractivity contribution is 7.16. The number of imide groups is 1. The van der Waals surface area contributed by atoms with E-state index in [0.29, 0.717) is 5.00 Å². The summed E-state index contributed by atoms with van der Waals surface area (Å²) in [6.45, 7) is 5.31. The SMILES string of the molecule is Cc1nc(C)c(N2C(=O)N[C@H](C)C2=O)s1. The van der Waals surface area contributed by atoms with Crippen LogP contribution in [0.15, 0.2) is 0 Å². The molecule has 1 aromatic heterocycles. The Morgan fingerprint density at radius 1 is 1.40 bits per heavy atom. The van der Waals surface area contributed by atoms with Gasteiger partial charge in [-0.2, -0.15) is 0 Å². The second-order valence-corrected chi connectivity index (χ2v) is 4.65. The third kappa shape index (κ3) is 1.50. The average Bonchev–Trinajstić information content (AvgIpc) is 2.56. The van der Waals surface area contributed by atoms with E-state index >= 15 is 0 Å². The topological polar surface area (TPSA) is 62.3 Å². The number of nitrogens with one attached hydrogen (secondary N) is 1. The van der Waals surface area contributed by atoms with Gasteiger partial charge in [-0.3, -0.25) is 4.79 Å². The van der Waals surface area contributed by atoms with E-state index in [1.807, 2.05) is 6.92 Å². The summed E-state index contributed by atoms with van der Waals surface area (Å²) in [6.07, 6.45) is 0. The summed E-state index contributed by atoms with van der Waals surface area (Å²) in [7, 11) is 0. The van der Waals surface area contributed by atoms with Gasteiger partial charge in [-0.15, -0.1) is 11.3 Å². The zero-order valence-electron chi connectivity index (χ0n) is 8.70. The van der Waals surface area contributed by atoms with E-state index < -0.39 is 6.04 Å². The Kier molecular flexibility index (Phi) is 2.22. The molecule has 3 amide bonds. The van der Waals surface area contributed by atoms with E-state index in [-0.39, 0.29) is 11.9 Å². The number of aryl methyl sites for hydroxylation is 2. The highest BCUT2D eigenvalue weighted by Crippen LogP contribution is 2.30. The Bertz CT molecular complexity index is 441. The molecular formula is C9H11N3O2S. The first kappa shape index (κ1) is 10.1. The van der Waals surface area contributed by atoms with E-state index in [0.717, 1.165) is 10.7 Å². The first-order valence-corrected chi connectivity index (χ1v) is 5.41. The van der Waals surface area contributed by atoms with Crippen molar-refractivity contribution < 1.29 is 9.59 Å². The van der Waals surface area contributed by atoms with Crippen LogP contribution in [0.25, 0.3) is 0 Å². The summed E-state index contributed by atoms with van der Waals surface area (Å²) in [6, 6.07) is -0.807.